The Kier molecular flexibility index (Phi) is 6.64. The van der Waals surface area contributed by atoms with Gasteiger partial charge in [0.2, 0.25) is 0 Å². The van der Waals surface area contributed by atoms with E-state index < -0.39 is 0 Å². The van der Waals surface area contributed by atoms with Gasteiger partial charge >= 0.3 is 6.03 Å². The number of hydrogen-bond acceptors (Lipinski definition) is 2. The highest BCUT2D eigenvalue weighted by Gasteiger charge is 2.17. The molecule has 0 bridgehead atoms. The molecule has 0 unspecified atom stereocenters. The van der Waals surface area contributed by atoms with E-state index in [0.717, 1.165) is 16.3 Å². The van der Waals surface area contributed by atoms with Gasteiger partial charge in [0.15, 0.2) is 0 Å². The molecular weight excluding hydrogens is 417 g/mol. The monoisotopic (exact) mass is 441 g/mol. The van der Waals surface area contributed by atoms with E-state index in [1.807, 2.05) is 61.5 Å². The summed E-state index contributed by atoms with van der Waals surface area (Å²) < 4.78 is 13.4. The molecule has 0 aliphatic carbocycles. The van der Waals surface area contributed by atoms with Crippen molar-refractivity contribution in [2.24, 2.45) is 0 Å². The van der Waals surface area contributed by atoms with Gasteiger partial charge < -0.3 is 10.6 Å². The van der Waals surface area contributed by atoms with E-state index in [1.165, 1.54) is 29.2 Å². The fourth-order valence-electron chi connectivity index (χ4n) is 3.68. The Morgan fingerprint density at radius 2 is 1.61 bits per heavy atom. The Bertz CT molecular complexity index is 1280. The molecule has 0 heterocycles. The number of halogens is 1. The minimum atomic E-state index is -0.387. The van der Waals surface area contributed by atoms with Gasteiger partial charge in [0.25, 0.3) is 5.91 Å². The number of benzene rings is 4. The lowest BCUT2D eigenvalue weighted by molar-refractivity contribution is 0.0956. The summed E-state index contributed by atoms with van der Waals surface area (Å²) in [5.74, 6) is -0.605. The lowest BCUT2D eigenvalue weighted by Crippen LogP contribution is -2.41. The summed E-state index contributed by atoms with van der Waals surface area (Å²) in [7, 11) is 0. The van der Waals surface area contributed by atoms with E-state index in [1.54, 1.807) is 12.1 Å². The maximum atomic E-state index is 13.4. The van der Waals surface area contributed by atoms with Crippen molar-refractivity contribution in [1.29, 1.82) is 0 Å². The van der Waals surface area contributed by atoms with Gasteiger partial charge in [-0.25, -0.2) is 9.18 Å². The molecule has 5 nitrogen and oxygen atoms in total. The number of nitrogens with zero attached hydrogens (tertiary/aromatic N) is 1. The molecule has 4 rings (SSSR count). The summed E-state index contributed by atoms with van der Waals surface area (Å²) in [6.45, 7) is 2.37. The highest BCUT2D eigenvalue weighted by Crippen LogP contribution is 2.19. The van der Waals surface area contributed by atoms with Crippen LogP contribution in [-0.2, 0) is 0 Å². The molecule has 0 aliphatic rings. The quantitative estimate of drug-likeness (QED) is 0.400. The first kappa shape index (κ1) is 22.0. The Labute approximate surface area is 191 Å². The smallest absolute Gasteiger partial charge is 0.326 e. The summed E-state index contributed by atoms with van der Waals surface area (Å²) in [6, 6.07) is 26.0. The normalized spacial score (nSPS) is 10.6. The molecule has 3 amide bonds. The summed E-state index contributed by atoms with van der Waals surface area (Å²) in [5, 5.41) is 7.61. The van der Waals surface area contributed by atoms with Crippen LogP contribution in [0, 0.1) is 12.7 Å². The molecule has 0 atom stereocenters. The third-order valence-corrected chi connectivity index (χ3v) is 5.31. The van der Waals surface area contributed by atoms with Crippen molar-refractivity contribution in [3.05, 3.63) is 108 Å². The van der Waals surface area contributed by atoms with Crippen molar-refractivity contribution < 1.29 is 14.0 Å². The van der Waals surface area contributed by atoms with Gasteiger partial charge in [-0.3, -0.25) is 9.69 Å². The largest absolute Gasteiger partial charge is 0.350 e. The van der Waals surface area contributed by atoms with Gasteiger partial charge in [-0.2, -0.15) is 0 Å². The van der Waals surface area contributed by atoms with E-state index in [0.29, 0.717) is 16.9 Å². The Morgan fingerprint density at radius 1 is 0.879 bits per heavy atom. The molecule has 4 aromatic rings. The minimum absolute atomic E-state index is 0.208. The number of fused-ring (bicyclic) bond motifs is 1. The number of aryl methyl sites for hydroxylation is 1. The van der Waals surface area contributed by atoms with E-state index in [4.69, 9.17) is 0 Å². The van der Waals surface area contributed by atoms with Crippen LogP contribution in [0.4, 0.5) is 20.6 Å². The first-order chi connectivity index (χ1) is 16.0. The van der Waals surface area contributed by atoms with Crippen LogP contribution in [0.2, 0.25) is 0 Å². The number of amides is 3. The van der Waals surface area contributed by atoms with E-state index in [9.17, 15) is 14.0 Å². The molecule has 4 aromatic carbocycles. The SMILES string of the molecule is Cc1cccc(NC(=O)N(CCNC(=O)c2cccc3ccccc23)c2ccc(F)cc2)c1. The highest BCUT2D eigenvalue weighted by molar-refractivity contribution is 6.07. The van der Waals surface area contributed by atoms with Gasteiger partial charge in [-0.1, -0.05) is 48.5 Å². The molecule has 166 valence electrons. The number of carbonyl (C=O) groups excluding carboxylic acids is 2. The number of nitrogens with one attached hydrogen (secondary N) is 2. The summed E-state index contributed by atoms with van der Waals surface area (Å²) in [4.78, 5) is 27.4. The molecular formula is C27H24FN3O2. The lowest BCUT2D eigenvalue weighted by Gasteiger charge is -2.23. The molecule has 33 heavy (non-hydrogen) atoms. The van der Waals surface area contributed by atoms with E-state index in [-0.39, 0.29) is 30.8 Å². The predicted octanol–water partition coefficient (Wildman–Crippen LogP) is 5.76. The molecule has 6 heteroatoms. The van der Waals surface area contributed by atoms with Gasteiger partial charge in [-0.05, 0) is 65.7 Å². The standard InChI is InChI=1S/C27H24FN3O2/c1-19-6-4-9-22(18-19)30-27(33)31(23-14-12-21(28)13-15-23)17-16-29-26(32)25-11-5-8-20-7-2-3-10-24(20)25/h2-15,18H,16-17H2,1H3,(H,29,32)(H,30,33). The number of carbonyl (C=O) groups is 2. The van der Waals surface area contributed by atoms with E-state index >= 15 is 0 Å². The second-order valence-corrected chi connectivity index (χ2v) is 7.71. The van der Waals surface area contributed by atoms with Gasteiger partial charge in [0.05, 0.1) is 0 Å². The Morgan fingerprint density at radius 3 is 2.39 bits per heavy atom. The molecule has 0 saturated carbocycles. The van der Waals surface area contributed by atoms with Crippen LogP contribution in [-0.4, -0.2) is 25.0 Å². The zero-order valence-electron chi connectivity index (χ0n) is 18.2. The fourth-order valence-corrected chi connectivity index (χ4v) is 3.68. The molecule has 0 fully saturated rings. The number of rotatable bonds is 6. The van der Waals surface area contributed by atoms with Gasteiger partial charge in [0, 0.05) is 30.0 Å². The van der Waals surface area contributed by atoms with Crippen molar-refractivity contribution in [2.45, 2.75) is 6.92 Å². The summed E-state index contributed by atoms with van der Waals surface area (Å²) in [5.41, 5.74) is 2.78. The molecule has 0 spiro atoms. The zero-order chi connectivity index (χ0) is 23.2. The first-order valence-electron chi connectivity index (χ1n) is 10.7. The molecule has 0 aromatic heterocycles. The molecule has 0 aliphatic heterocycles. The third kappa shape index (κ3) is 5.36. The van der Waals surface area contributed by atoms with Crippen molar-refractivity contribution in [2.75, 3.05) is 23.3 Å². The highest BCUT2D eigenvalue weighted by atomic mass is 19.1. The number of hydrogen-bond donors (Lipinski definition) is 2. The average Bonchev–Trinajstić information content (AvgIpc) is 2.82. The Hall–Kier alpha value is -4.19. The summed E-state index contributed by atoms with van der Waals surface area (Å²) in [6.07, 6.45) is 0. The minimum Gasteiger partial charge on any atom is -0.350 e. The molecule has 2 N–H and O–H groups in total. The average molecular weight is 442 g/mol. The Balaban J connectivity index is 1.48. The first-order valence-corrected chi connectivity index (χ1v) is 10.7. The van der Waals surface area contributed by atoms with Crippen molar-refractivity contribution in [3.63, 3.8) is 0 Å². The maximum Gasteiger partial charge on any atom is 0.326 e. The van der Waals surface area contributed by atoms with Crippen molar-refractivity contribution >= 4 is 34.1 Å². The van der Waals surface area contributed by atoms with Crippen LogP contribution in [0.5, 0.6) is 0 Å². The number of urea groups is 1. The van der Waals surface area contributed by atoms with E-state index in [2.05, 4.69) is 10.6 Å². The molecule has 0 saturated heterocycles. The second kappa shape index (κ2) is 9.96. The van der Waals surface area contributed by atoms with Crippen LogP contribution in [0.1, 0.15) is 15.9 Å². The predicted molar refractivity (Wildman–Crippen MR) is 130 cm³/mol. The molecule has 0 radical (unpaired) electrons. The van der Waals surface area contributed by atoms with Gasteiger partial charge in [-0.15, -0.1) is 0 Å². The summed E-state index contributed by atoms with van der Waals surface area (Å²) >= 11 is 0. The van der Waals surface area contributed by atoms with Crippen LogP contribution in [0.3, 0.4) is 0 Å². The van der Waals surface area contributed by atoms with Crippen LogP contribution >= 0.6 is 0 Å². The fraction of sp³-hybridized carbons (Fsp3) is 0.111. The van der Waals surface area contributed by atoms with Crippen molar-refractivity contribution in [3.8, 4) is 0 Å². The van der Waals surface area contributed by atoms with Crippen molar-refractivity contribution in [1.82, 2.24) is 5.32 Å². The van der Waals surface area contributed by atoms with Crippen LogP contribution in [0.15, 0.2) is 91.0 Å². The van der Waals surface area contributed by atoms with Crippen LogP contribution < -0.4 is 15.5 Å². The van der Waals surface area contributed by atoms with Gasteiger partial charge in [0.1, 0.15) is 5.82 Å². The maximum absolute atomic E-state index is 13.4. The van der Waals surface area contributed by atoms with Crippen LogP contribution in [0.25, 0.3) is 10.8 Å². The zero-order valence-corrected chi connectivity index (χ0v) is 18.2. The number of anilines is 2. The third-order valence-electron chi connectivity index (χ3n) is 5.31. The second-order valence-electron chi connectivity index (χ2n) is 7.71. The lowest BCUT2D eigenvalue weighted by atomic mass is 10.0. The topological polar surface area (TPSA) is 61.4 Å².